The maximum atomic E-state index is 13.2. The molecule has 348 valence electrons. The molecule has 6 rings (SSSR count). The van der Waals surface area contributed by atoms with Gasteiger partial charge in [0.25, 0.3) is 0 Å². The second-order valence-corrected chi connectivity index (χ2v) is 18.2. The van der Waals surface area contributed by atoms with Crippen molar-refractivity contribution in [3.8, 4) is 0 Å². The van der Waals surface area contributed by atoms with E-state index in [1.54, 1.807) is 53.7 Å². The third-order valence-corrected chi connectivity index (χ3v) is 8.84. The molecule has 0 bridgehead atoms. The molecule has 3 aliphatic heterocycles. The monoisotopic (exact) mass is 897 g/mol. The summed E-state index contributed by atoms with van der Waals surface area (Å²) in [4.78, 5) is 35.4. The number of halogens is 6. The Hall–Kier alpha value is -5.07. The molecule has 18 heteroatoms. The number of carbonyl (C=O) groups excluding carboxylic acids is 3. The molecule has 3 heterocycles. The largest absolute Gasteiger partial charge is 0.444 e. The highest BCUT2D eigenvalue weighted by Gasteiger charge is 2.37. The zero-order valence-corrected chi connectivity index (χ0v) is 36.8. The lowest BCUT2D eigenvalue weighted by Gasteiger charge is -2.23. The second-order valence-electron chi connectivity index (χ2n) is 18.2. The van der Waals surface area contributed by atoms with Crippen LogP contribution in [0.3, 0.4) is 0 Å². The van der Waals surface area contributed by atoms with E-state index >= 15 is 0 Å². The van der Waals surface area contributed by atoms with Crippen LogP contribution >= 0.6 is 0 Å². The zero-order chi connectivity index (χ0) is 46.9. The molecule has 3 amide bonds. The van der Waals surface area contributed by atoms with Crippen LogP contribution in [0.25, 0.3) is 0 Å². The molecular weight excluding hydrogens is 840 g/mol. The lowest BCUT2D eigenvalue weighted by molar-refractivity contribution is 0.0483. The van der Waals surface area contributed by atoms with Crippen molar-refractivity contribution < 1.29 is 69.1 Å². The van der Waals surface area contributed by atoms with E-state index < -0.39 is 70.2 Å². The van der Waals surface area contributed by atoms with Crippen LogP contribution in [-0.2, 0) is 47.7 Å². The number of carbonyl (C=O) groups is 3. The van der Waals surface area contributed by atoms with Crippen LogP contribution in [0.5, 0.6) is 0 Å². The third-order valence-electron chi connectivity index (χ3n) is 8.84. The van der Waals surface area contributed by atoms with Gasteiger partial charge in [0, 0.05) is 0 Å². The summed E-state index contributed by atoms with van der Waals surface area (Å²) >= 11 is 0. The van der Waals surface area contributed by atoms with Crippen LogP contribution < -0.4 is 16.0 Å². The van der Waals surface area contributed by atoms with Crippen LogP contribution in [0.4, 0.5) is 40.7 Å². The Morgan fingerprint density at radius 1 is 0.508 bits per heavy atom. The van der Waals surface area contributed by atoms with Gasteiger partial charge in [0.05, 0.1) is 37.9 Å². The van der Waals surface area contributed by atoms with Crippen LogP contribution in [0.2, 0.25) is 0 Å². The predicted octanol–water partition coefficient (Wildman–Crippen LogP) is 8.40. The van der Waals surface area contributed by atoms with E-state index in [9.17, 15) is 40.7 Å². The molecule has 3 fully saturated rings. The molecular formula is C45H57F6N3O9. The lowest BCUT2D eigenvalue weighted by Crippen LogP contribution is -2.43. The Morgan fingerprint density at radius 3 is 1.16 bits per heavy atom. The fourth-order valence-electron chi connectivity index (χ4n) is 5.84. The zero-order valence-electron chi connectivity index (χ0n) is 36.8. The van der Waals surface area contributed by atoms with Crippen molar-refractivity contribution in [2.45, 2.75) is 135 Å². The van der Waals surface area contributed by atoms with Gasteiger partial charge in [-0.3, -0.25) is 0 Å². The summed E-state index contributed by atoms with van der Waals surface area (Å²) in [5, 5.41) is 8.15. The first-order valence-electron chi connectivity index (χ1n) is 20.4. The summed E-state index contributed by atoms with van der Waals surface area (Å²) in [6.07, 6.45) is -0.966. The first-order chi connectivity index (χ1) is 29.2. The molecule has 12 nitrogen and oxygen atoms in total. The minimum atomic E-state index is -1.51. The van der Waals surface area contributed by atoms with Gasteiger partial charge in [-0.05, 0) is 135 Å². The molecule has 6 atom stereocenters. The molecule has 3 aliphatic rings. The molecule has 3 saturated heterocycles. The number of benzene rings is 3. The molecule has 0 unspecified atom stereocenters. The van der Waals surface area contributed by atoms with Gasteiger partial charge >= 0.3 is 18.3 Å². The number of hydrogen-bond donors (Lipinski definition) is 3. The lowest BCUT2D eigenvalue weighted by atomic mass is 10.0. The highest BCUT2D eigenvalue weighted by atomic mass is 19.2. The van der Waals surface area contributed by atoms with Crippen molar-refractivity contribution in [2.24, 2.45) is 0 Å². The molecule has 0 spiro atoms. The van der Waals surface area contributed by atoms with Crippen LogP contribution in [0.15, 0.2) is 54.6 Å². The van der Waals surface area contributed by atoms with Gasteiger partial charge in [-0.25, -0.2) is 40.7 Å². The first-order valence-corrected chi connectivity index (χ1v) is 20.4. The quantitative estimate of drug-likeness (QED) is 0.0705. The van der Waals surface area contributed by atoms with Crippen molar-refractivity contribution in [2.75, 3.05) is 19.8 Å². The Labute approximate surface area is 363 Å². The fourth-order valence-corrected chi connectivity index (χ4v) is 5.84. The summed E-state index contributed by atoms with van der Waals surface area (Å²) < 4.78 is 110. The molecule has 0 aromatic heterocycles. The Balaban J connectivity index is 0.000000208. The van der Waals surface area contributed by atoms with Crippen LogP contribution in [-0.4, -0.2) is 91.3 Å². The molecule has 3 aromatic carbocycles. The summed E-state index contributed by atoms with van der Waals surface area (Å²) in [5.41, 5.74) is -0.0235. The van der Waals surface area contributed by atoms with Gasteiger partial charge in [-0.1, -0.05) is 18.2 Å². The number of ether oxygens (including phenoxy) is 6. The molecule has 0 saturated carbocycles. The average molecular weight is 898 g/mol. The average Bonchev–Trinajstić information content (AvgIpc) is 3.96. The van der Waals surface area contributed by atoms with Crippen molar-refractivity contribution in [1.82, 2.24) is 16.0 Å². The topological polar surface area (TPSA) is 153 Å². The van der Waals surface area contributed by atoms with Gasteiger partial charge in [0.2, 0.25) is 0 Å². The SMILES string of the molecule is CC(C)(C)OC(=O)N[C@@H](Cc1cc(F)c(F)c(F)c1)[C@H]1CO1.CC(C)(C)OC(=O)N[C@@H](Cc1ccc(F)c(F)c1)[C@H]1CO1.CC(C)(C)OC(=O)N[C@@H](Cc1ccc(F)cc1)[C@H]1CO1. The van der Waals surface area contributed by atoms with Crippen molar-refractivity contribution >= 4 is 18.3 Å². The number of nitrogens with one attached hydrogen (secondary N) is 3. The maximum Gasteiger partial charge on any atom is 0.407 e. The number of epoxide rings is 3. The number of rotatable bonds is 12. The van der Waals surface area contributed by atoms with Crippen molar-refractivity contribution in [3.05, 3.63) is 106 Å². The molecule has 3 N–H and O–H groups in total. The summed E-state index contributed by atoms with van der Waals surface area (Å²) in [5.74, 6) is -6.10. The number of amides is 3. The van der Waals surface area contributed by atoms with E-state index in [1.165, 1.54) is 18.2 Å². The van der Waals surface area contributed by atoms with Crippen LogP contribution in [0.1, 0.15) is 79.0 Å². The molecule has 63 heavy (non-hydrogen) atoms. The minimum Gasteiger partial charge on any atom is -0.444 e. The minimum absolute atomic E-state index is 0.00701. The van der Waals surface area contributed by atoms with Gasteiger partial charge < -0.3 is 44.4 Å². The Morgan fingerprint density at radius 2 is 0.825 bits per heavy atom. The summed E-state index contributed by atoms with van der Waals surface area (Å²) in [7, 11) is 0. The maximum absolute atomic E-state index is 13.2. The predicted molar refractivity (Wildman–Crippen MR) is 219 cm³/mol. The fraction of sp³-hybridized carbons (Fsp3) is 0.533. The van der Waals surface area contributed by atoms with E-state index in [0.717, 1.165) is 29.8 Å². The second kappa shape index (κ2) is 21.5. The summed E-state index contributed by atoms with van der Waals surface area (Å²) in [6, 6.07) is 10.8. The standard InChI is InChI=1S/C15H18F3NO3.C15H19F2NO3.C15H20FNO3/c1-15(2,3)22-14(20)19-11(12-7-21-12)6-8-4-9(16)13(18)10(17)5-8;1-15(2,3)21-14(19)18-12(13-8-20-13)7-9-4-5-10(16)11(17)6-9;1-15(2,3)20-14(18)17-12(13-9-19-13)8-10-4-6-11(16)7-5-10/h4-5,11-12H,6-7H2,1-3H3,(H,19,20);4-6,12-13H,7-8H2,1-3H3,(H,18,19);4-7,12-13H,8-9H2,1-3H3,(H,17,18)/t11-,12+;2*12-,13+/m000/s1. The van der Waals surface area contributed by atoms with Crippen molar-refractivity contribution in [3.63, 3.8) is 0 Å². The molecule has 3 aromatic rings. The molecule has 0 radical (unpaired) electrons. The van der Waals surface area contributed by atoms with E-state index in [2.05, 4.69) is 16.0 Å². The Bertz CT molecular complexity index is 1990. The van der Waals surface area contributed by atoms with E-state index in [4.69, 9.17) is 28.4 Å². The van der Waals surface area contributed by atoms with Gasteiger partial charge in [0.15, 0.2) is 29.1 Å². The van der Waals surface area contributed by atoms with Crippen LogP contribution in [0, 0.1) is 34.9 Å². The van der Waals surface area contributed by atoms with Crippen molar-refractivity contribution in [1.29, 1.82) is 0 Å². The first kappa shape index (κ1) is 50.6. The highest BCUT2D eigenvalue weighted by molar-refractivity contribution is 5.69. The normalized spacial score (nSPS) is 19.0. The van der Waals surface area contributed by atoms with E-state index in [-0.39, 0.29) is 48.2 Å². The van der Waals surface area contributed by atoms with Gasteiger partial charge in [-0.2, -0.15) is 0 Å². The van der Waals surface area contributed by atoms with E-state index in [1.807, 2.05) is 20.8 Å². The Kier molecular flexibility index (Phi) is 17.3. The van der Waals surface area contributed by atoms with Gasteiger partial charge in [0.1, 0.15) is 40.9 Å². The third kappa shape index (κ3) is 19.5. The number of alkyl carbamates (subject to hydrolysis) is 3. The summed E-state index contributed by atoms with van der Waals surface area (Å²) in [6.45, 7) is 17.5. The number of hydrogen-bond acceptors (Lipinski definition) is 9. The molecule has 0 aliphatic carbocycles. The smallest absolute Gasteiger partial charge is 0.407 e. The van der Waals surface area contributed by atoms with E-state index in [0.29, 0.717) is 38.2 Å². The highest BCUT2D eigenvalue weighted by Crippen LogP contribution is 2.23. The van der Waals surface area contributed by atoms with Gasteiger partial charge in [-0.15, -0.1) is 0 Å².